The third-order valence-corrected chi connectivity index (χ3v) is 7.01. The Morgan fingerprint density at radius 3 is 1.94 bits per heavy atom. The molecule has 2 aliphatic heterocycles. The Labute approximate surface area is 215 Å². The van der Waals surface area contributed by atoms with Gasteiger partial charge in [0.2, 0.25) is 5.91 Å². The van der Waals surface area contributed by atoms with E-state index in [9.17, 15) is 9.59 Å². The molecule has 0 aliphatic carbocycles. The van der Waals surface area contributed by atoms with Crippen LogP contribution < -0.4 is 5.32 Å². The Balaban J connectivity index is 1.16. The van der Waals surface area contributed by atoms with Gasteiger partial charge >= 0.3 is 6.09 Å². The highest BCUT2D eigenvalue weighted by molar-refractivity contribution is 5.92. The normalized spacial score (nSPS) is 17.8. The summed E-state index contributed by atoms with van der Waals surface area (Å²) in [6, 6.07) is 18.9. The highest BCUT2D eigenvalue weighted by atomic mass is 16.6. The molecule has 7 nitrogen and oxygen atoms in total. The van der Waals surface area contributed by atoms with Crippen molar-refractivity contribution in [2.45, 2.75) is 39.8 Å². The summed E-state index contributed by atoms with van der Waals surface area (Å²) in [7, 11) is 0. The van der Waals surface area contributed by atoms with Gasteiger partial charge < -0.3 is 15.0 Å². The molecule has 0 spiro atoms. The van der Waals surface area contributed by atoms with Gasteiger partial charge in [0.25, 0.3) is 0 Å². The molecule has 0 saturated carbocycles. The van der Waals surface area contributed by atoms with Crippen LogP contribution >= 0.6 is 0 Å². The molecule has 2 aliphatic rings. The molecule has 0 bridgehead atoms. The number of piperidine rings is 1. The van der Waals surface area contributed by atoms with E-state index in [1.54, 1.807) is 4.90 Å². The summed E-state index contributed by atoms with van der Waals surface area (Å²) < 4.78 is 5.31. The first-order chi connectivity index (χ1) is 17.5. The minimum absolute atomic E-state index is 0.0347. The molecule has 2 aromatic carbocycles. The van der Waals surface area contributed by atoms with Gasteiger partial charge in [0.15, 0.2) is 0 Å². The highest BCUT2D eigenvalue weighted by Crippen LogP contribution is 2.21. The van der Waals surface area contributed by atoms with Gasteiger partial charge in [0, 0.05) is 64.0 Å². The van der Waals surface area contributed by atoms with Crippen LogP contribution in [-0.2, 0) is 22.6 Å². The van der Waals surface area contributed by atoms with E-state index in [2.05, 4.69) is 57.6 Å². The van der Waals surface area contributed by atoms with E-state index in [0.717, 1.165) is 45.0 Å². The quantitative estimate of drug-likeness (QED) is 0.590. The average Bonchev–Trinajstić information content (AvgIpc) is 2.90. The first-order valence-corrected chi connectivity index (χ1v) is 13.3. The molecule has 0 aromatic heterocycles. The summed E-state index contributed by atoms with van der Waals surface area (Å²) in [5.41, 5.74) is 3.46. The molecule has 2 amide bonds. The molecule has 1 N–H and O–H groups in total. The monoisotopic (exact) mass is 492 g/mol. The summed E-state index contributed by atoms with van der Waals surface area (Å²) in [6.07, 6.45) is 1.06. The minimum atomic E-state index is -0.268. The van der Waals surface area contributed by atoms with Gasteiger partial charge in [-0.25, -0.2) is 4.79 Å². The van der Waals surface area contributed by atoms with Gasteiger partial charge in [-0.15, -0.1) is 0 Å². The van der Waals surface area contributed by atoms with Crippen LogP contribution in [0.4, 0.5) is 10.5 Å². The largest absolute Gasteiger partial charge is 0.449 e. The van der Waals surface area contributed by atoms with Crippen LogP contribution in [0.25, 0.3) is 0 Å². The Bertz CT molecular complexity index is 964. The molecule has 2 fully saturated rings. The van der Waals surface area contributed by atoms with E-state index < -0.39 is 0 Å². The topological polar surface area (TPSA) is 65.1 Å². The van der Waals surface area contributed by atoms with Crippen LogP contribution in [0.3, 0.4) is 0 Å². The van der Waals surface area contributed by atoms with Gasteiger partial charge in [0.1, 0.15) is 0 Å². The number of hydrogen-bond acceptors (Lipinski definition) is 5. The maximum absolute atomic E-state index is 12.8. The maximum atomic E-state index is 12.8. The third kappa shape index (κ3) is 7.80. The Morgan fingerprint density at radius 2 is 1.39 bits per heavy atom. The zero-order valence-corrected chi connectivity index (χ0v) is 21.7. The number of carbonyl (C=O) groups is 2. The van der Waals surface area contributed by atoms with Gasteiger partial charge in [-0.2, -0.15) is 0 Å². The third-order valence-electron chi connectivity index (χ3n) is 7.01. The van der Waals surface area contributed by atoms with Crippen LogP contribution in [0.15, 0.2) is 54.6 Å². The van der Waals surface area contributed by atoms with Crippen molar-refractivity contribution < 1.29 is 14.3 Å². The molecule has 2 heterocycles. The van der Waals surface area contributed by atoms with Crippen LogP contribution in [0.5, 0.6) is 0 Å². The number of amides is 2. The SMILES string of the molecule is CC(C)COC(=O)N1CCC(C(=O)Nc2ccc(CN3CCN(Cc4ccccc4)CC3)cc2)CC1. The van der Waals surface area contributed by atoms with Crippen LogP contribution in [0.2, 0.25) is 0 Å². The number of piperazine rings is 1. The van der Waals surface area contributed by atoms with Crippen LogP contribution in [0, 0.1) is 11.8 Å². The molecule has 0 unspecified atom stereocenters. The fraction of sp³-hybridized carbons (Fsp3) is 0.517. The van der Waals surface area contributed by atoms with Crippen molar-refractivity contribution in [2.24, 2.45) is 11.8 Å². The number of anilines is 1. The van der Waals surface area contributed by atoms with Crippen molar-refractivity contribution in [3.63, 3.8) is 0 Å². The van der Waals surface area contributed by atoms with Crippen molar-refractivity contribution in [1.82, 2.24) is 14.7 Å². The Morgan fingerprint density at radius 1 is 0.833 bits per heavy atom. The molecule has 7 heteroatoms. The molecule has 2 aromatic rings. The molecule has 0 atom stereocenters. The molecule has 194 valence electrons. The minimum Gasteiger partial charge on any atom is -0.449 e. The number of carbonyl (C=O) groups excluding carboxylic acids is 2. The lowest BCUT2D eigenvalue weighted by Crippen LogP contribution is -2.45. The number of nitrogens with one attached hydrogen (secondary N) is 1. The number of hydrogen-bond donors (Lipinski definition) is 1. The number of ether oxygens (including phenoxy) is 1. The van der Waals surface area contributed by atoms with Crippen LogP contribution in [0.1, 0.15) is 37.8 Å². The van der Waals surface area contributed by atoms with Crippen LogP contribution in [-0.4, -0.2) is 72.6 Å². The molecule has 4 rings (SSSR count). The molecule has 36 heavy (non-hydrogen) atoms. The molecule has 0 radical (unpaired) electrons. The van der Waals surface area contributed by atoms with E-state index >= 15 is 0 Å². The average molecular weight is 493 g/mol. The smallest absolute Gasteiger partial charge is 0.409 e. The number of likely N-dealkylation sites (tertiary alicyclic amines) is 1. The predicted molar refractivity (Wildman–Crippen MR) is 143 cm³/mol. The van der Waals surface area contributed by atoms with E-state index in [1.807, 2.05) is 26.0 Å². The van der Waals surface area contributed by atoms with E-state index in [1.165, 1.54) is 11.1 Å². The molecular formula is C29H40N4O3. The number of rotatable bonds is 8. The van der Waals surface area contributed by atoms with Crippen molar-refractivity contribution in [3.05, 3.63) is 65.7 Å². The summed E-state index contributed by atoms with van der Waals surface area (Å²) in [5.74, 6) is 0.275. The lowest BCUT2D eigenvalue weighted by molar-refractivity contribution is -0.121. The maximum Gasteiger partial charge on any atom is 0.409 e. The van der Waals surface area contributed by atoms with Crippen molar-refractivity contribution >= 4 is 17.7 Å². The Hall–Kier alpha value is -2.90. The second-order valence-corrected chi connectivity index (χ2v) is 10.5. The van der Waals surface area contributed by atoms with E-state index in [-0.39, 0.29) is 17.9 Å². The first kappa shape index (κ1) is 26.2. The summed E-state index contributed by atoms with van der Waals surface area (Å²) in [5, 5.41) is 3.06. The lowest BCUT2D eigenvalue weighted by atomic mass is 9.96. The molecular weight excluding hydrogens is 452 g/mol. The standard InChI is InChI=1S/C29H40N4O3/c1-23(2)22-36-29(35)33-14-12-26(13-15-33)28(34)30-27-10-8-25(9-11-27)21-32-18-16-31(17-19-32)20-24-6-4-3-5-7-24/h3-11,23,26H,12-22H2,1-2H3,(H,30,34). The van der Waals surface area contributed by atoms with E-state index in [4.69, 9.17) is 4.74 Å². The van der Waals surface area contributed by atoms with E-state index in [0.29, 0.717) is 38.5 Å². The first-order valence-electron chi connectivity index (χ1n) is 13.3. The highest BCUT2D eigenvalue weighted by Gasteiger charge is 2.28. The van der Waals surface area contributed by atoms with Gasteiger partial charge in [-0.05, 0) is 42.0 Å². The lowest BCUT2D eigenvalue weighted by Gasteiger charge is -2.34. The predicted octanol–water partition coefficient (Wildman–Crippen LogP) is 4.45. The van der Waals surface area contributed by atoms with Crippen molar-refractivity contribution in [1.29, 1.82) is 0 Å². The number of benzene rings is 2. The van der Waals surface area contributed by atoms with Crippen molar-refractivity contribution in [3.8, 4) is 0 Å². The fourth-order valence-corrected chi connectivity index (χ4v) is 4.80. The van der Waals surface area contributed by atoms with Gasteiger partial charge in [-0.3, -0.25) is 14.6 Å². The van der Waals surface area contributed by atoms with Gasteiger partial charge in [-0.1, -0.05) is 56.3 Å². The fourth-order valence-electron chi connectivity index (χ4n) is 4.80. The zero-order chi connectivity index (χ0) is 25.3. The second-order valence-electron chi connectivity index (χ2n) is 10.5. The van der Waals surface area contributed by atoms with Gasteiger partial charge in [0.05, 0.1) is 6.61 Å². The summed E-state index contributed by atoms with van der Waals surface area (Å²) >= 11 is 0. The zero-order valence-electron chi connectivity index (χ0n) is 21.7. The molecule has 2 saturated heterocycles. The summed E-state index contributed by atoms with van der Waals surface area (Å²) in [4.78, 5) is 31.6. The second kappa shape index (κ2) is 12.9. The number of nitrogens with zero attached hydrogens (tertiary/aromatic N) is 3. The summed E-state index contributed by atoms with van der Waals surface area (Å²) in [6.45, 7) is 11.8. The van der Waals surface area contributed by atoms with Crippen molar-refractivity contribution in [2.75, 3.05) is 51.2 Å². The Kier molecular flexibility index (Phi) is 9.36.